The van der Waals surface area contributed by atoms with E-state index in [-0.39, 0.29) is 17.7 Å². The lowest BCUT2D eigenvalue weighted by Crippen LogP contribution is -2.48. The Morgan fingerprint density at radius 2 is 1.70 bits per heavy atom. The van der Waals surface area contributed by atoms with Crippen molar-refractivity contribution in [1.82, 2.24) is 15.0 Å². The molecular formula is C24H21N3O2S. The van der Waals surface area contributed by atoms with E-state index in [1.54, 1.807) is 11.3 Å². The lowest BCUT2D eigenvalue weighted by Gasteiger charge is -2.38. The van der Waals surface area contributed by atoms with Crippen LogP contribution in [-0.2, 0) is 4.79 Å². The lowest BCUT2D eigenvalue weighted by atomic mass is 9.87. The van der Waals surface area contributed by atoms with Gasteiger partial charge in [-0.1, -0.05) is 65.8 Å². The second kappa shape index (κ2) is 8.24. The summed E-state index contributed by atoms with van der Waals surface area (Å²) in [4.78, 5) is 19.4. The van der Waals surface area contributed by atoms with Crippen LogP contribution in [0.1, 0.15) is 35.3 Å². The molecule has 0 spiro atoms. The van der Waals surface area contributed by atoms with E-state index in [0.717, 1.165) is 16.7 Å². The number of carbonyl (C=O) groups excluding carboxylic acids is 1. The minimum atomic E-state index is 0.0487. The molecule has 150 valence electrons. The summed E-state index contributed by atoms with van der Waals surface area (Å²) in [5, 5.41) is 8.07. The van der Waals surface area contributed by atoms with Crippen molar-refractivity contribution >= 4 is 17.2 Å². The molecule has 0 saturated carbocycles. The molecule has 4 aromatic rings. The fourth-order valence-corrected chi connectivity index (χ4v) is 4.49. The number of nitrogens with zero attached hydrogens (tertiary/aromatic N) is 3. The molecule has 1 aliphatic heterocycles. The first-order chi connectivity index (χ1) is 14.8. The SMILES string of the molecule is O=C(CC(c1ccccc1)c1ccccc1)N1CC(c2nc(-c3ccsc3)no2)C1. The zero-order valence-corrected chi connectivity index (χ0v) is 17.2. The average molecular weight is 416 g/mol. The molecule has 2 aromatic carbocycles. The fraction of sp³-hybridized carbons (Fsp3) is 0.208. The Balaban J connectivity index is 1.25. The number of hydrogen-bond donors (Lipinski definition) is 0. The number of likely N-dealkylation sites (tertiary alicyclic amines) is 1. The van der Waals surface area contributed by atoms with E-state index in [1.165, 1.54) is 0 Å². The molecule has 2 aromatic heterocycles. The largest absolute Gasteiger partial charge is 0.341 e. The van der Waals surface area contributed by atoms with Crippen LogP contribution in [0.15, 0.2) is 82.0 Å². The summed E-state index contributed by atoms with van der Waals surface area (Å²) in [5.74, 6) is 1.54. The van der Waals surface area contributed by atoms with Gasteiger partial charge in [0.1, 0.15) is 0 Å². The van der Waals surface area contributed by atoms with Crippen LogP contribution in [0.25, 0.3) is 11.4 Å². The summed E-state index contributed by atoms with van der Waals surface area (Å²) in [7, 11) is 0. The van der Waals surface area contributed by atoms with Gasteiger partial charge in [-0.15, -0.1) is 0 Å². The van der Waals surface area contributed by atoms with Crippen LogP contribution in [0.5, 0.6) is 0 Å². The highest BCUT2D eigenvalue weighted by atomic mass is 32.1. The van der Waals surface area contributed by atoms with Crippen molar-refractivity contribution in [2.45, 2.75) is 18.3 Å². The van der Waals surface area contributed by atoms with Crippen LogP contribution in [-0.4, -0.2) is 34.0 Å². The van der Waals surface area contributed by atoms with Crippen molar-refractivity contribution < 1.29 is 9.32 Å². The minimum absolute atomic E-state index is 0.0487. The van der Waals surface area contributed by atoms with Gasteiger partial charge in [-0.2, -0.15) is 16.3 Å². The molecule has 1 saturated heterocycles. The maximum atomic E-state index is 13.0. The fourth-order valence-electron chi connectivity index (χ4n) is 3.85. The van der Waals surface area contributed by atoms with Gasteiger partial charge in [0, 0.05) is 36.4 Å². The van der Waals surface area contributed by atoms with Gasteiger partial charge in [0.15, 0.2) is 0 Å². The number of benzene rings is 2. The van der Waals surface area contributed by atoms with E-state index in [4.69, 9.17) is 4.52 Å². The van der Waals surface area contributed by atoms with Gasteiger partial charge in [0.25, 0.3) is 0 Å². The van der Waals surface area contributed by atoms with E-state index in [2.05, 4.69) is 34.4 Å². The van der Waals surface area contributed by atoms with Crippen molar-refractivity contribution in [3.8, 4) is 11.4 Å². The summed E-state index contributed by atoms with van der Waals surface area (Å²) in [5.41, 5.74) is 3.29. The second-order valence-corrected chi connectivity index (χ2v) is 8.32. The maximum Gasteiger partial charge on any atom is 0.233 e. The van der Waals surface area contributed by atoms with Crippen LogP contribution < -0.4 is 0 Å². The quantitative estimate of drug-likeness (QED) is 0.447. The van der Waals surface area contributed by atoms with Gasteiger partial charge >= 0.3 is 0 Å². The van der Waals surface area contributed by atoms with Crippen LogP contribution in [0.2, 0.25) is 0 Å². The molecular weight excluding hydrogens is 394 g/mol. The van der Waals surface area contributed by atoms with Crippen LogP contribution in [0.4, 0.5) is 0 Å². The van der Waals surface area contributed by atoms with Crippen molar-refractivity contribution in [3.63, 3.8) is 0 Å². The third-order valence-corrected chi connectivity index (χ3v) is 6.27. The molecule has 0 bridgehead atoms. The summed E-state index contributed by atoms with van der Waals surface area (Å²) in [6.07, 6.45) is 0.449. The van der Waals surface area contributed by atoms with Crippen molar-refractivity contribution in [3.05, 3.63) is 94.5 Å². The Morgan fingerprint density at radius 1 is 1.03 bits per heavy atom. The molecule has 6 heteroatoms. The highest BCUT2D eigenvalue weighted by Gasteiger charge is 2.36. The van der Waals surface area contributed by atoms with E-state index < -0.39 is 0 Å². The van der Waals surface area contributed by atoms with Crippen LogP contribution in [0, 0.1) is 0 Å². The first kappa shape index (κ1) is 18.8. The highest BCUT2D eigenvalue weighted by molar-refractivity contribution is 7.08. The molecule has 0 aliphatic carbocycles. The van der Waals surface area contributed by atoms with Crippen LogP contribution in [0.3, 0.4) is 0 Å². The third-order valence-electron chi connectivity index (χ3n) is 5.59. The molecule has 30 heavy (non-hydrogen) atoms. The Bertz CT molecular complexity index is 1060. The highest BCUT2D eigenvalue weighted by Crippen LogP contribution is 2.32. The van der Waals surface area contributed by atoms with Crippen LogP contribution >= 0.6 is 11.3 Å². The Labute approximate surface area is 179 Å². The molecule has 1 amide bonds. The van der Waals surface area contributed by atoms with Gasteiger partial charge in [0.2, 0.25) is 17.6 Å². The van der Waals surface area contributed by atoms with Gasteiger partial charge in [-0.25, -0.2) is 0 Å². The third kappa shape index (κ3) is 3.78. The number of hydrogen-bond acceptors (Lipinski definition) is 5. The summed E-state index contributed by atoms with van der Waals surface area (Å²) in [6, 6.07) is 22.4. The topological polar surface area (TPSA) is 59.2 Å². The summed E-state index contributed by atoms with van der Waals surface area (Å²) < 4.78 is 5.45. The monoisotopic (exact) mass is 415 g/mol. The average Bonchev–Trinajstić information content (AvgIpc) is 3.44. The second-order valence-electron chi connectivity index (χ2n) is 7.54. The Morgan fingerprint density at radius 3 is 2.30 bits per heavy atom. The smallest absolute Gasteiger partial charge is 0.233 e. The molecule has 1 aliphatic rings. The van der Waals surface area contributed by atoms with E-state index in [9.17, 15) is 4.79 Å². The van der Waals surface area contributed by atoms with E-state index in [0.29, 0.717) is 31.2 Å². The van der Waals surface area contributed by atoms with E-state index >= 15 is 0 Å². The number of amides is 1. The van der Waals surface area contributed by atoms with Crippen molar-refractivity contribution in [2.24, 2.45) is 0 Å². The standard InChI is InChI=1S/C24H21N3O2S/c28-22(13-21(17-7-3-1-4-8-17)18-9-5-2-6-10-18)27-14-20(15-27)24-25-23(26-29-24)19-11-12-30-16-19/h1-12,16,20-21H,13-15H2. The Kier molecular flexibility index (Phi) is 5.15. The molecule has 5 nitrogen and oxygen atoms in total. The lowest BCUT2D eigenvalue weighted by molar-refractivity contribution is -0.136. The molecule has 0 N–H and O–H groups in total. The number of rotatable bonds is 6. The summed E-state index contributed by atoms with van der Waals surface area (Å²) in [6.45, 7) is 1.25. The van der Waals surface area contributed by atoms with Crippen molar-refractivity contribution in [1.29, 1.82) is 0 Å². The van der Waals surface area contributed by atoms with Gasteiger partial charge in [-0.05, 0) is 22.6 Å². The first-order valence-corrected chi connectivity index (χ1v) is 11.0. The molecule has 0 radical (unpaired) electrons. The molecule has 5 rings (SSSR count). The molecule has 1 fully saturated rings. The zero-order chi connectivity index (χ0) is 20.3. The molecule has 0 unspecified atom stereocenters. The number of aromatic nitrogens is 2. The number of thiophene rings is 1. The minimum Gasteiger partial charge on any atom is -0.341 e. The zero-order valence-electron chi connectivity index (χ0n) is 16.3. The molecule has 3 heterocycles. The molecule has 0 atom stereocenters. The Hall–Kier alpha value is -3.25. The maximum absolute atomic E-state index is 13.0. The van der Waals surface area contributed by atoms with Gasteiger partial charge in [0.05, 0.1) is 5.92 Å². The van der Waals surface area contributed by atoms with Crippen molar-refractivity contribution in [2.75, 3.05) is 13.1 Å². The predicted molar refractivity (Wildman–Crippen MR) is 116 cm³/mol. The predicted octanol–water partition coefficient (Wildman–Crippen LogP) is 4.95. The van der Waals surface area contributed by atoms with E-state index in [1.807, 2.05) is 58.1 Å². The first-order valence-electron chi connectivity index (χ1n) is 10.0. The normalized spacial score (nSPS) is 14.1. The summed E-state index contributed by atoms with van der Waals surface area (Å²) >= 11 is 1.60. The van der Waals surface area contributed by atoms with Gasteiger partial charge in [-0.3, -0.25) is 4.79 Å². The number of carbonyl (C=O) groups is 1. The van der Waals surface area contributed by atoms with Gasteiger partial charge < -0.3 is 9.42 Å².